The summed E-state index contributed by atoms with van der Waals surface area (Å²) in [6.45, 7) is 6.50. The van der Waals surface area contributed by atoms with Crippen molar-refractivity contribution in [1.29, 1.82) is 0 Å². The van der Waals surface area contributed by atoms with Crippen molar-refractivity contribution in [1.82, 2.24) is 0 Å². The molecule has 0 aliphatic rings. The van der Waals surface area contributed by atoms with Gasteiger partial charge in [-0.05, 0) is 89.9 Å². The van der Waals surface area contributed by atoms with Crippen LogP contribution in [0.1, 0.15) is 310 Å². The Morgan fingerprint density at radius 3 is 0.875 bits per heavy atom. The summed E-state index contributed by atoms with van der Waals surface area (Å²) in [5.74, 6) is -0.913. The predicted octanol–water partition coefficient (Wildman–Crippen LogP) is 20.9. The normalized spacial score (nSPS) is 12.5. The van der Waals surface area contributed by atoms with Crippen molar-refractivity contribution in [3.05, 3.63) is 72.9 Å². The molecule has 1 atom stereocenters. The molecule has 0 aliphatic carbocycles. The number of carbonyl (C=O) groups is 3. The topological polar surface area (TPSA) is 78.9 Å². The van der Waals surface area contributed by atoms with Crippen LogP contribution in [0.15, 0.2) is 72.9 Å². The van der Waals surface area contributed by atoms with Crippen LogP contribution in [-0.2, 0) is 28.6 Å². The summed E-state index contributed by atoms with van der Waals surface area (Å²) in [5.41, 5.74) is 0. The summed E-state index contributed by atoms with van der Waals surface area (Å²) >= 11 is 0. The molecule has 0 fully saturated rings. The maximum atomic E-state index is 12.8. The van der Waals surface area contributed by atoms with Crippen LogP contribution in [0.5, 0.6) is 0 Å². The monoisotopic (exact) mass is 1000 g/mol. The maximum absolute atomic E-state index is 12.8. The lowest BCUT2D eigenvalue weighted by molar-refractivity contribution is -0.167. The Bertz CT molecular complexity index is 1340. The predicted molar refractivity (Wildman–Crippen MR) is 311 cm³/mol. The molecule has 72 heavy (non-hydrogen) atoms. The minimum atomic E-state index is -0.790. The van der Waals surface area contributed by atoms with E-state index in [4.69, 9.17) is 14.2 Å². The Morgan fingerprint density at radius 1 is 0.292 bits per heavy atom. The van der Waals surface area contributed by atoms with Crippen molar-refractivity contribution >= 4 is 17.9 Å². The van der Waals surface area contributed by atoms with Crippen molar-refractivity contribution in [3.8, 4) is 0 Å². The Balaban J connectivity index is 4.18. The first kappa shape index (κ1) is 68.8. The van der Waals surface area contributed by atoms with Crippen molar-refractivity contribution in [2.24, 2.45) is 0 Å². The number of hydrogen-bond acceptors (Lipinski definition) is 6. The van der Waals surface area contributed by atoms with Gasteiger partial charge in [-0.15, -0.1) is 0 Å². The number of rotatable bonds is 56. The molecule has 0 heterocycles. The van der Waals surface area contributed by atoms with Gasteiger partial charge in [-0.2, -0.15) is 0 Å². The molecule has 1 unspecified atom stereocenters. The number of esters is 3. The molecule has 6 nitrogen and oxygen atoms in total. The molecular weight excluding hydrogens is 889 g/mol. The van der Waals surface area contributed by atoms with Gasteiger partial charge < -0.3 is 14.2 Å². The third kappa shape index (κ3) is 57.7. The number of ether oxygens (including phenoxy) is 3. The van der Waals surface area contributed by atoms with Gasteiger partial charge in [0, 0.05) is 19.3 Å². The third-order valence-corrected chi connectivity index (χ3v) is 13.4. The van der Waals surface area contributed by atoms with Crippen molar-refractivity contribution in [2.75, 3.05) is 13.2 Å². The Kier molecular flexibility index (Phi) is 57.8. The van der Waals surface area contributed by atoms with Gasteiger partial charge in [0.1, 0.15) is 13.2 Å². The second-order valence-corrected chi connectivity index (χ2v) is 20.6. The van der Waals surface area contributed by atoms with Crippen molar-refractivity contribution in [2.45, 2.75) is 316 Å². The fourth-order valence-electron chi connectivity index (χ4n) is 8.82. The van der Waals surface area contributed by atoms with Crippen LogP contribution >= 0.6 is 0 Å². The van der Waals surface area contributed by atoms with E-state index in [-0.39, 0.29) is 31.1 Å². The van der Waals surface area contributed by atoms with Crippen LogP contribution in [-0.4, -0.2) is 37.2 Å². The first-order valence-electron chi connectivity index (χ1n) is 30.9. The first-order valence-corrected chi connectivity index (χ1v) is 30.9. The van der Waals surface area contributed by atoms with E-state index in [1.54, 1.807) is 0 Å². The second kappa shape index (κ2) is 60.4. The Morgan fingerprint density at radius 2 is 0.542 bits per heavy atom. The zero-order chi connectivity index (χ0) is 52.2. The first-order chi connectivity index (χ1) is 35.5. The summed E-state index contributed by atoms with van der Waals surface area (Å²) in [7, 11) is 0. The fraction of sp³-hybridized carbons (Fsp3) is 0.773. The van der Waals surface area contributed by atoms with Crippen LogP contribution in [0, 0.1) is 0 Å². The maximum Gasteiger partial charge on any atom is 0.306 e. The molecule has 6 heteroatoms. The van der Waals surface area contributed by atoms with E-state index in [9.17, 15) is 14.4 Å². The molecule has 0 aromatic heterocycles. The molecule has 0 saturated heterocycles. The standard InChI is InChI=1S/C66H116O6/c1-4-7-10-13-16-19-21-23-25-27-29-30-31-32-33-34-35-36-38-39-41-43-45-47-50-53-56-59-65(68)71-62-63(61-70-64(67)58-55-52-49-18-15-12-9-6-3)72-66(69)60-57-54-51-48-46-44-42-40-37-28-26-24-22-20-17-14-11-8-5-2/h8,11,17,20,24,26-27,29,37,40,44,46,63H,4-7,9-10,12-16,18-19,21-23,25,28,30-36,38-39,41-43,45,47-62H2,1-3H3/b11-8-,20-17-,26-24-,29-27-,40-37-,46-44-. The van der Waals surface area contributed by atoms with Gasteiger partial charge in [-0.25, -0.2) is 0 Å². The average Bonchev–Trinajstić information content (AvgIpc) is 3.38. The molecule has 0 aliphatic heterocycles. The van der Waals surface area contributed by atoms with Crippen molar-refractivity contribution in [3.63, 3.8) is 0 Å². The van der Waals surface area contributed by atoms with Gasteiger partial charge in [0.05, 0.1) is 0 Å². The van der Waals surface area contributed by atoms with E-state index < -0.39 is 6.10 Å². The lowest BCUT2D eigenvalue weighted by Crippen LogP contribution is -2.30. The van der Waals surface area contributed by atoms with Crippen LogP contribution < -0.4 is 0 Å². The van der Waals surface area contributed by atoms with E-state index in [1.807, 2.05) is 0 Å². The van der Waals surface area contributed by atoms with Gasteiger partial charge in [0.25, 0.3) is 0 Å². The van der Waals surface area contributed by atoms with E-state index in [1.165, 1.54) is 173 Å². The highest BCUT2D eigenvalue weighted by molar-refractivity contribution is 5.71. The third-order valence-electron chi connectivity index (χ3n) is 13.4. The average molecular weight is 1010 g/mol. The summed E-state index contributed by atoms with van der Waals surface area (Å²) in [4.78, 5) is 38.1. The molecule has 0 spiro atoms. The quantitative estimate of drug-likeness (QED) is 0.0261. The van der Waals surface area contributed by atoms with E-state index >= 15 is 0 Å². The Labute approximate surface area is 446 Å². The fourth-order valence-corrected chi connectivity index (χ4v) is 8.82. The van der Waals surface area contributed by atoms with Crippen molar-refractivity contribution < 1.29 is 28.6 Å². The van der Waals surface area contributed by atoms with E-state index in [0.29, 0.717) is 19.3 Å². The highest BCUT2D eigenvalue weighted by Crippen LogP contribution is 2.16. The summed E-state index contributed by atoms with van der Waals surface area (Å²) in [6.07, 6.45) is 77.9. The van der Waals surface area contributed by atoms with Gasteiger partial charge >= 0.3 is 17.9 Å². The van der Waals surface area contributed by atoms with E-state index in [0.717, 1.165) is 96.3 Å². The van der Waals surface area contributed by atoms with Crippen LogP contribution in [0.4, 0.5) is 0 Å². The molecule has 0 aromatic carbocycles. The number of hydrogen-bond donors (Lipinski definition) is 0. The minimum absolute atomic E-state index is 0.0863. The molecule has 0 bridgehead atoms. The molecule has 0 radical (unpaired) electrons. The summed E-state index contributed by atoms with van der Waals surface area (Å²) in [6, 6.07) is 0. The lowest BCUT2D eigenvalue weighted by atomic mass is 10.0. The highest BCUT2D eigenvalue weighted by atomic mass is 16.6. The molecule has 0 amide bonds. The zero-order valence-electron chi connectivity index (χ0n) is 47.7. The highest BCUT2D eigenvalue weighted by Gasteiger charge is 2.19. The second-order valence-electron chi connectivity index (χ2n) is 20.6. The number of carbonyl (C=O) groups excluding carboxylic acids is 3. The van der Waals surface area contributed by atoms with Crippen LogP contribution in [0.25, 0.3) is 0 Å². The largest absolute Gasteiger partial charge is 0.462 e. The smallest absolute Gasteiger partial charge is 0.306 e. The van der Waals surface area contributed by atoms with Gasteiger partial charge in [0.15, 0.2) is 6.10 Å². The number of unbranched alkanes of at least 4 members (excludes halogenated alkanes) is 33. The molecule has 416 valence electrons. The molecule has 0 saturated carbocycles. The molecule has 0 aromatic rings. The lowest BCUT2D eigenvalue weighted by Gasteiger charge is -2.18. The van der Waals surface area contributed by atoms with Gasteiger partial charge in [0.2, 0.25) is 0 Å². The Hall–Kier alpha value is -3.15. The van der Waals surface area contributed by atoms with Crippen LogP contribution in [0.2, 0.25) is 0 Å². The van der Waals surface area contributed by atoms with E-state index in [2.05, 4.69) is 93.7 Å². The van der Waals surface area contributed by atoms with Gasteiger partial charge in [-0.1, -0.05) is 273 Å². The molecule has 0 rings (SSSR count). The molecular formula is C66H116O6. The molecule has 0 N–H and O–H groups in total. The SMILES string of the molecule is CC/C=C\C/C=C\C/C=C\C/C=C\C/C=C\CCCCCC(=O)OC(COC(=O)CCCCCCCCCC)COC(=O)CCCCCCCCCCCCCCCCC/C=C\CCCCCCCCCC. The zero-order valence-corrected chi connectivity index (χ0v) is 47.7. The van der Waals surface area contributed by atoms with Gasteiger partial charge in [-0.3, -0.25) is 14.4 Å². The van der Waals surface area contributed by atoms with Crippen LogP contribution in [0.3, 0.4) is 0 Å². The minimum Gasteiger partial charge on any atom is -0.462 e. The number of allylic oxidation sites excluding steroid dienone is 12. The summed E-state index contributed by atoms with van der Waals surface area (Å²) < 4.78 is 16.8. The summed E-state index contributed by atoms with van der Waals surface area (Å²) in [5, 5.41) is 0.